The fraction of sp³-hybridized carbons (Fsp3) is 0.375. The highest BCUT2D eigenvalue weighted by Gasteiger charge is 2.28. The Balaban J connectivity index is 1.19. The van der Waals surface area contributed by atoms with Gasteiger partial charge in [-0.2, -0.15) is 0 Å². The lowest BCUT2D eigenvalue weighted by Crippen LogP contribution is -2.26. The third-order valence-corrected chi connectivity index (χ3v) is 6.95. The Hall–Kier alpha value is -3.53. The summed E-state index contributed by atoms with van der Waals surface area (Å²) in [6.45, 7) is 0.256. The number of thiophene rings is 1. The molecule has 1 aliphatic rings. The number of amides is 1. The fourth-order valence-corrected chi connectivity index (χ4v) is 5.02. The molecule has 34 heavy (non-hydrogen) atoms. The van der Waals surface area contributed by atoms with E-state index in [1.165, 1.54) is 11.3 Å². The molecule has 0 atom stereocenters. The number of nitrogens with one attached hydrogen (secondary N) is 1. The molecule has 1 fully saturated rings. The number of carbonyl (C=O) groups excluding carboxylic acids is 2. The third kappa shape index (κ3) is 6.50. The monoisotopic (exact) mass is 483 g/mol. The number of pyridine rings is 1. The lowest BCUT2D eigenvalue weighted by Gasteiger charge is -2.26. The summed E-state index contributed by atoms with van der Waals surface area (Å²) >= 11 is 1.49. The van der Waals surface area contributed by atoms with Crippen molar-refractivity contribution in [1.29, 1.82) is 0 Å². The zero-order valence-electron chi connectivity index (χ0n) is 18.5. The molecular weight excluding hydrogens is 458 g/mol. The number of aromatic nitrogens is 1. The molecule has 1 aromatic carbocycles. The van der Waals surface area contributed by atoms with E-state index >= 15 is 0 Å². The molecule has 0 saturated heterocycles. The topological polar surface area (TPSA) is 121 Å². The molecule has 0 aliphatic heterocycles. The largest absolute Gasteiger partial charge is 0.461 e. The highest BCUT2D eigenvalue weighted by atomic mass is 32.1. The minimum absolute atomic E-state index is 0.0840. The summed E-state index contributed by atoms with van der Waals surface area (Å²) in [6, 6.07) is 11.3. The molecule has 0 bridgehead atoms. The number of benzene rings is 1. The van der Waals surface area contributed by atoms with Crippen molar-refractivity contribution in [3.05, 3.63) is 70.0 Å². The average Bonchev–Trinajstić information content (AvgIpc) is 3.24. The maximum atomic E-state index is 12.4. The van der Waals surface area contributed by atoms with Gasteiger partial charge in [0.15, 0.2) is 0 Å². The number of hydrogen-bond donors (Lipinski definition) is 1. The maximum Gasteiger partial charge on any atom is 0.309 e. The minimum atomic E-state index is -0.776. The Morgan fingerprint density at radius 2 is 1.85 bits per heavy atom. The van der Waals surface area contributed by atoms with Gasteiger partial charge in [-0.25, -0.2) is 0 Å². The quantitative estimate of drug-likeness (QED) is 0.269. The molecule has 4 rings (SSSR count). The summed E-state index contributed by atoms with van der Waals surface area (Å²) in [4.78, 5) is 43.6. The Kier molecular flexibility index (Phi) is 7.69. The van der Waals surface area contributed by atoms with Crippen LogP contribution >= 0.6 is 11.3 Å². The molecule has 1 amide bonds. The first-order chi connectivity index (χ1) is 16.5. The predicted molar refractivity (Wildman–Crippen MR) is 127 cm³/mol. The van der Waals surface area contributed by atoms with E-state index in [1.54, 1.807) is 12.4 Å². The molecule has 1 aliphatic carbocycles. The van der Waals surface area contributed by atoms with Crippen molar-refractivity contribution < 1.29 is 24.3 Å². The average molecular weight is 484 g/mol. The Labute approximate surface area is 200 Å². The van der Waals surface area contributed by atoms with Crippen LogP contribution in [0.15, 0.2) is 48.8 Å². The summed E-state index contributed by atoms with van der Waals surface area (Å²) in [5.41, 5.74) is 1.72. The number of carbonyl (C=O) groups is 2. The summed E-state index contributed by atoms with van der Waals surface area (Å²) in [6.07, 6.45) is 6.47. The fourth-order valence-electron chi connectivity index (χ4n) is 4.07. The maximum absolute atomic E-state index is 12.4. The van der Waals surface area contributed by atoms with E-state index in [4.69, 9.17) is 4.74 Å². The molecule has 1 N–H and O–H groups in total. The van der Waals surface area contributed by atoms with Gasteiger partial charge in [0.25, 0.3) is 5.09 Å². The lowest BCUT2D eigenvalue weighted by molar-refractivity contribution is -0.759. The summed E-state index contributed by atoms with van der Waals surface area (Å²) in [7, 11) is 0. The van der Waals surface area contributed by atoms with Crippen LogP contribution in [0.1, 0.15) is 36.8 Å². The third-order valence-electron chi connectivity index (χ3n) is 5.95. The van der Waals surface area contributed by atoms with Gasteiger partial charge in [-0.3, -0.25) is 14.6 Å². The van der Waals surface area contributed by atoms with Crippen molar-refractivity contribution in [2.45, 2.75) is 38.7 Å². The molecule has 2 heterocycles. The molecule has 9 nitrogen and oxygen atoms in total. The van der Waals surface area contributed by atoms with Crippen molar-refractivity contribution in [2.75, 3.05) is 11.9 Å². The summed E-state index contributed by atoms with van der Waals surface area (Å²) in [5.74, 6) is -0.414. The van der Waals surface area contributed by atoms with Gasteiger partial charge < -0.3 is 14.9 Å². The van der Waals surface area contributed by atoms with Crippen molar-refractivity contribution in [3.8, 4) is 0 Å². The van der Waals surface area contributed by atoms with Gasteiger partial charge >= 0.3 is 5.97 Å². The molecule has 2 aromatic heterocycles. The van der Waals surface area contributed by atoms with Crippen molar-refractivity contribution in [3.63, 3.8) is 0 Å². The summed E-state index contributed by atoms with van der Waals surface area (Å²) < 4.78 is 6.49. The first-order valence-corrected chi connectivity index (χ1v) is 11.9. The SMILES string of the molecule is O=C(Cc1ccc(COC(=O)C2CCC(CO[N+](=O)[O-])CC2)cc1)Nc1cc2ccncc2s1. The van der Waals surface area contributed by atoms with Crippen molar-refractivity contribution >= 4 is 38.3 Å². The number of fused-ring (bicyclic) bond motifs is 1. The molecule has 0 spiro atoms. The van der Waals surface area contributed by atoms with Crippen LogP contribution in [0.2, 0.25) is 0 Å². The number of anilines is 1. The van der Waals surface area contributed by atoms with Crippen LogP contribution in [0.25, 0.3) is 10.1 Å². The lowest BCUT2D eigenvalue weighted by atomic mass is 9.82. The van der Waals surface area contributed by atoms with Crippen LogP contribution in [0.3, 0.4) is 0 Å². The second-order valence-electron chi connectivity index (χ2n) is 8.41. The van der Waals surface area contributed by atoms with E-state index in [-0.39, 0.29) is 43.3 Å². The zero-order valence-corrected chi connectivity index (χ0v) is 19.3. The van der Waals surface area contributed by atoms with Crippen LogP contribution in [0, 0.1) is 22.0 Å². The molecule has 3 aromatic rings. The van der Waals surface area contributed by atoms with Crippen LogP contribution in [0.4, 0.5) is 5.00 Å². The molecule has 1 saturated carbocycles. The van der Waals surface area contributed by atoms with Gasteiger partial charge in [0.05, 0.1) is 28.6 Å². The number of esters is 1. The first kappa shape index (κ1) is 23.6. The van der Waals surface area contributed by atoms with Crippen LogP contribution in [-0.2, 0) is 32.2 Å². The van der Waals surface area contributed by atoms with E-state index in [2.05, 4.69) is 15.1 Å². The van der Waals surface area contributed by atoms with Gasteiger partial charge in [0, 0.05) is 12.4 Å². The van der Waals surface area contributed by atoms with Crippen LogP contribution in [0.5, 0.6) is 0 Å². The van der Waals surface area contributed by atoms with E-state index in [1.807, 2.05) is 36.4 Å². The molecule has 0 unspecified atom stereocenters. The summed E-state index contributed by atoms with van der Waals surface area (Å²) in [5, 5.41) is 14.3. The van der Waals surface area contributed by atoms with Crippen molar-refractivity contribution in [1.82, 2.24) is 4.98 Å². The number of hydrogen-bond acceptors (Lipinski definition) is 8. The molecular formula is C24H25N3O6S. The van der Waals surface area contributed by atoms with Gasteiger partial charge in [-0.15, -0.1) is 21.5 Å². The van der Waals surface area contributed by atoms with Crippen LogP contribution in [-0.4, -0.2) is 28.6 Å². The van der Waals surface area contributed by atoms with E-state index in [9.17, 15) is 19.7 Å². The molecule has 178 valence electrons. The second-order valence-corrected chi connectivity index (χ2v) is 9.49. The van der Waals surface area contributed by atoms with E-state index < -0.39 is 5.09 Å². The van der Waals surface area contributed by atoms with Gasteiger partial charge in [0.2, 0.25) is 5.91 Å². The second kappa shape index (κ2) is 11.1. The Morgan fingerprint density at radius 3 is 2.56 bits per heavy atom. The molecule has 10 heteroatoms. The number of ether oxygens (including phenoxy) is 1. The smallest absolute Gasteiger partial charge is 0.309 e. The predicted octanol–water partition coefficient (Wildman–Crippen LogP) is 4.54. The van der Waals surface area contributed by atoms with E-state index in [0.717, 1.165) is 26.2 Å². The van der Waals surface area contributed by atoms with Gasteiger partial charge in [-0.1, -0.05) is 24.3 Å². The normalized spacial score (nSPS) is 17.8. The minimum Gasteiger partial charge on any atom is -0.461 e. The van der Waals surface area contributed by atoms with Gasteiger partial charge in [-0.05, 0) is 60.2 Å². The van der Waals surface area contributed by atoms with E-state index in [0.29, 0.717) is 25.7 Å². The highest BCUT2D eigenvalue weighted by molar-refractivity contribution is 7.22. The molecule has 0 radical (unpaired) electrons. The van der Waals surface area contributed by atoms with Crippen LogP contribution < -0.4 is 5.32 Å². The Bertz CT molecular complexity index is 1120. The van der Waals surface area contributed by atoms with Gasteiger partial charge in [0.1, 0.15) is 6.61 Å². The van der Waals surface area contributed by atoms with Crippen molar-refractivity contribution in [2.24, 2.45) is 11.8 Å². The number of rotatable bonds is 9. The Morgan fingerprint density at radius 1 is 1.12 bits per heavy atom. The zero-order chi connectivity index (χ0) is 23.9. The number of nitrogens with zero attached hydrogens (tertiary/aromatic N) is 2. The first-order valence-electron chi connectivity index (χ1n) is 11.1. The standard InChI is InChI=1S/C24H25N3O6S/c28-22(26-23-12-20-9-10-25-13-21(20)34-23)11-16-1-3-17(4-2-16)14-32-24(29)19-7-5-18(6-8-19)15-33-27(30)31/h1-4,9-10,12-13,18-19H,5-8,11,14-15H2,(H,26,28). The highest BCUT2D eigenvalue weighted by Crippen LogP contribution is 2.30.